The van der Waals surface area contributed by atoms with Crippen molar-refractivity contribution >= 4 is 0 Å². The van der Waals surface area contributed by atoms with E-state index in [4.69, 9.17) is 0 Å². The van der Waals surface area contributed by atoms with E-state index in [1.54, 1.807) is 0 Å². The molecule has 0 fully saturated rings. The van der Waals surface area contributed by atoms with Crippen LogP contribution in [0.15, 0.2) is 12.4 Å². The van der Waals surface area contributed by atoms with E-state index in [0.29, 0.717) is 11.8 Å². The van der Waals surface area contributed by atoms with Crippen LogP contribution in [0, 0.1) is 13.8 Å². The predicted molar refractivity (Wildman–Crippen MR) is 90.8 cm³/mol. The van der Waals surface area contributed by atoms with Crippen LogP contribution in [0.3, 0.4) is 0 Å². The van der Waals surface area contributed by atoms with Crippen LogP contribution in [-0.4, -0.2) is 19.6 Å². The maximum atomic E-state index is 4.35. The van der Waals surface area contributed by atoms with E-state index in [-0.39, 0.29) is 7.43 Å². The van der Waals surface area contributed by atoms with Crippen molar-refractivity contribution in [3.8, 4) is 0 Å². The minimum Gasteiger partial charge on any atom is -0.276 e. The number of rotatable bonds is 2. The molecule has 0 bridgehead atoms. The van der Waals surface area contributed by atoms with Crippen LogP contribution in [0.2, 0.25) is 0 Å². The van der Waals surface area contributed by atoms with Crippen LogP contribution in [-0.2, 0) is 14.1 Å². The van der Waals surface area contributed by atoms with Crippen LogP contribution < -0.4 is 0 Å². The molecule has 0 N–H and O–H groups in total. The molecule has 0 radical (unpaired) electrons. The zero-order chi connectivity index (χ0) is 15.4. The number of nitrogens with zero attached hydrogens (tertiary/aromatic N) is 4. The van der Waals surface area contributed by atoms with Crippen LogP contribution in [0.25, 0.3) is 0 Å². The third-order valence-corrected chi connectivity index (χ3v) is 3.51. The number of hydrogen-bond acceptors (Lipinski definition) is 2. The van der Waals surface area contributed by atoms with Crippen LogP contribution in [0.4, 0.5) is 0 Å². The summed E-state index contributed by atoms with van der Waals surface area (Å²) in [6.07, 6.45) is 3.95. The highest BCUT2D eigenvalue weighted by Crippen LogP contribution is 2.19. The summed E-state index contributed by atoms with van der Waals surface area (Å²) in [7, 11) is 3.95. The molecule has 4 heteroatoms. The summed E-state index contributed by atoms with van der Waals surface area (Å²) in [5.41, 5.74) is 5.14. The second-order valence-corrected chi connectivity index (χ2v) is 5.98. The second kappa shape index (κ2) is 8.01. The van der Waals surface area contributed by atoms with Gasteiger partial charge in [0.2, 0.25) is 0 Å². The lowest BCUT2D eigenvalue weighted by Gasteiger charge is -2.06. The quantitative estimate of drug-likeness (QED) is 0.825. The normalized spacial score (nSPS) is 10.4. The maximum absolute atomic E-state index is 4.35. The highest BCUT2D eigenvalue weighted by molar-refractivity contribution is 5.25. The van der Waals surface area contributed by atoms with Crippen LogP contribution in [0.1, 0.15) is 69.5 Å². The van der Waals surface area contributed by atoms with Crippen molar-refractivity contribution < 1.29 is 0 Å². The van der Waals surface area contributed by atoms with E-state index in [0.717, 1.165) is 5.69 Å². The van der Waals surface area contributed by atoms with Crippen molar-refractivity contribution in [1.82, 2.24) is 19.6 Å². The fourth-order valence-corrected chi connectivity index (χ4v) is 2.33. The maximum Gasteiger partial charge on any atom is 0.0625 e. The van der Waals surface area contributed by atoms with Gasteiger partial charge in [-0.25, -0.2) is 0 Å². The molecule has 0 saturated heterocycles. The summed E-state index contributed by atoms with van der Waals surface area (Å²) in [4.78, 5) is 0. The summed E-state index contributed by atoms with van der Waals surface area (Å²) in [5.74, 6) is 1.17. The van der Waals surface area contributed by atoms with E-state index in [2.05, 4.69) is 51.7 Å². The van der Waals surface area contributed by atoms with Gasteiger partial charge >= 0.3 is 0 Å². The Balaban J connectivity index is 0.000000370. The van der Waals surface area contributed by atoms with E-state index in [9.17, 15) is 0 Å². The summed E-state index contributed by atoms with van der Waals surface area (Å²) in [5, 5.41) is 8.40. The van der Waals surface area contributed by atoms with Gasteiger partial charge in [-0.1, -0.05) is 35.1 Å². The molecule has 2 heterocycles. The van der Waals surface area contributed by atoms with E-state index < -0.39 is 0 Å². The van der Waals surface area contributed by atoms with Gasteiger partial charge in [-0.05, 0) is 36.8 Å². The highest BCUT2D eigenvalue weighted by Gasteiger charge is 2.11. The van der Waals surface area contributed by atoms with Gasteiger partial charge in [0.1, 0.15) is 0 Å². The molecule has 0 spiro atoms. The van der Waals surface area contributed by atoms with Gasteiger partial charge in [-0.2, -0.15) is 10.2 Å². The molecule has 0 unspecified atom stereocenters. The van der Waals surface area contributed by atoms with Crippen LogP contribution >= 0.6 is 0 Å². The third kappa shape index (κ3) is 5.03. The lowest BCUT2D eigenvalue weighted by Crippen LogP contribution is -2.00. The first-order valence-corrected chi connectivity index (χ1v) is 7.22. The molecular weight excluding hydrogens is 260 g/mol. The molecule has 2 aromatic rings. The number of hydrogen-bond donors (Lipinski definition) is 0. The molecule has 0 amide bonds. The van der Waals surface area contributed by atoms with Crippen molar-refractivity contribution in [2.45, 2.75) is 60.8 Å². The highest BCUT2D eigenvalue weighted by atomic mass is 15.3. The van der Waals surface area contributed by atoms with Crippen molar-refractivity contribution in [2.75, 3.05) is 0 Å². The molecule has 0 saturated carbocycles. The Morgan fingerprint density at radius 2 is 1.57 bits per heavy atom. The molecule has 21 heavy (non-hydrogen) atoms. The summed E-state index contributed by atoms with van der Waals surface area (Å²) in [6.45, 7) is 12.9. The fourth-order valence-electron chi connectivity index (χ4n) is 2.33. The summed E-state index contributed by atoms with van der Waals surface area (Å²) < 4.78 is 3.81. The molecular formula is C17H32N4. The van der Waals surface area contributed by atoms with Gasteiger partial charge < -0.3 is 0 Å². The van der Waals surface area contributed by atoms with Gasteiger partial charge in [0.05, 0.1) is 11.9 Å². The predicted octanol–water partition coefficient (Wildman–Crippen LogP) is 4.34. The van der Waals surface area contributed by atoms with Gasteiger partial charge in [-0.3, -0.25) is 9.36 Å². The largest absolute Gasteiger partial charge is 0.276 e. The zero-order valence-corrected chi connectivity index (χ0v) is 14.1. The molecule has 2 rings (SSSR count). The number of aryl methyl sites for hydroxylation is 3. The first-order valence-electron chi connectivity index (χ1n) is 7.22. The molecule has 0 aliphatic rings. The van der Waals surface area contributed by atoms with Gasteiger partial charge in [-0.15, -0.1) is 0 Å². The topological polar surface area (TPSA) is 35.6 Å². The van der Waals surface area contributed by atoms with Crippen LogP contribution in [0.5, 0.6) is 0 Å². The molecule has 2 aromatic heterocycles. The van der Waals surface area contributed by atoms with Gasteiger partial charge in [0.15, 0.2) is 0 Å². The Hall–Kier alpha value is -1.58. The smallest absolute Gasteiger partial charge is 0.0625 e. The molecule has 0 atom stereocenters. The average molecular weight is 292 g/mol. The van der Waals surface area contributed by atoms with Crippen molar-refractivity contribution in [3.05, 3.63) is 34.9 Å². The Kier molecular flexibility index (Phi) is 7.41. The van der Waals surface area contributed by atoms with E-state index in [1.807, 2.05) is 35.9 Å². The molecule has 120 valence electrons. The summed E-state index contributed by atoms with van der Waals surface area (Å²) >= 11 is 0. The van der Waals surface area contributed by atoms with E-state index >= 15 is 0 Å². The minimum atomic E-state index is 0. The van der Waals surface area contributed by atoms with Crippen molar-refractivity contribution in [1.29, 1.82) is 0 Å². The van der Waals surface area contributed by atoms with Gasteiger partial charge in [0.25, 0.3) is 0 Å². The molecule has 0 aromatic carbocycles. The lowest BCUT2D eigenvalue weighted by atomic mass is 10.1. The zero-order valence-electron chi connectivity index (χ0n) is 14.1. The third-order valence-electron chi connectivity index (χ3n) is 3.51. The Morgan fingerprint density at radius 3 is 1.76 bits per heavy atom. The summed E-state index contributed by atoms with van der Waals surface area (Å²) in [6, 6.07) is 0. The lowest BCUT2D eigenvalue weighted by molar-refractivity contribution is 0.663. The second-order valence-electron chi connectivity index (χ2n) is 5.98. The Labute approximate surface area is 130 Å². The molecule has 4 nitrogen and oxygen atoms in total. The monoisotopic (exact) mass is 292 g/mol. The average Bonchev–Trinajstić information content (AvgIpc) is 2.85. The number of aromatic nitrogens is 4. The fraction of sp³-hybridized carbons (Fsp3) is 0.647. The van der Waals surface area contributed by atoms with Gasteiger partial charge in [0, 0.05) is 26.0 Å². The molecule has 0 aliphatic carbocycles. The first-order chi connectivity index (χ1) is 9.23. The Morgan fingerprint density at radius 1 is 1.00 bits per heavy atom. The molecule has 0 aliphatic heterocycles. The first kappa shape index (κ1) is 19.4. The standard InChI is InChI=1S/C9H16N2.C7H12N2.CH4/c1-6(2)9-7(3)8(4)10-11(9)5;1-6(2)7-4-8-9(3)5-7;/h6H,1-5H3;4-6H,1-3H3;1H4. The Bertz CT molecular complexity index is 547. The SMILES string of the molecule is C.CC(C)c1cnn(C)c1.Cc1nn(C)c(C(C)C)c1C. The van der Waals surface area contributed by atoms with Crippen molar-refractivity contribution in [2.24, 2.45) is 14.1 Å². The van der Waals surface area contributed by atoms with Crippen molar-refractivity contribution in [3.63, 3.8) is 0 Å². The minimum absolute atomic E-state index is 0. The van der Waals surface area contributed by atoms with E-state index in [1.165, 1.54) is 16.8 Å².